The molecule has 2 N–H and O–H groups in total. The van der Waals surface area contributed by atoms with Crippen molar-refractivity contribution in [2.24, 2.45) is 11.8 Å². The first-order valence-corrected chi connectivity index (χ1v) is 11.5. The number of hydrogen-bond donors (Lipinski definition) is 2. The molecule has 1 aliphatic rings. The van der Waals surface area contributed by atoms with Crippen LogP contribution in [0.5, 0.6) is 0 Å². The van der Waals surface area contributed by atoms with Crippen molar-refractivity contribution in [2.45, 2.75) is 19.8 Å². The number of amides is 2. The minimum absolute atomic E-state index is 0.170. The molecule has 0 fully saturated rings. The van der Waals surface area contributed by atoms with E-state index in [1.807, 2.05) is 31.2 Å². The van der Waals surface area contributed by atoms with Crippen LogP contribution in [0.3, 0.4) is 0 Å². The van der Waals surface area contributed by atoms with Crippen LogP contribution in [-0.4, -0.2) is 17.6 Å². The molecular formula is C28H25ClN2O3. The van der Waals surface area contributed by atoms with Crippen molar-refractivity contribution >= 4 is 40.6 Å². The summed E-state index contributed by atoms with van der Waals surface area (Å²) in [5.41, 5.74) is 2.82. The molecule has 34 heavy (non-hydrogen) atoms. The standard InChI is InChI=1S/C28H25ClN2O3/c1-18-15-16-24(22(17-18)26(32)19-9-3-2-4-10-19)30-27(33)20-11-5-6-12-21(20)28(34)31-25-14-8-7-13-23(25)29/h2-10,13-17,20-21H,11-12H2,1H3,(H,30,33)(H,31,34). The number of para-hydroxylation sites is 1. The second-order valence-electron chi connectivity index (χ2n) is 8.36. The Kier molecular flexibility index (Phi) is 7.24. The summed E-state index contributed by atoms with van der Waals surface area (Å²) in [5.74, 6) is -1.86. The molecular weight excluding hydrogens is 448 g/mol. The number of anilines is 2. The zero-order valence-electron chi connectivity index (χ0n) is 18.8. The van der Waals surface area contributed by atoms with Gasteiger partial charge in [0.15, 0.2) is 5.78 Å². The first-order chi connectivity index (χ1) is 16.4. The molecule has 4 rings (SSSR count). The van der Waals surface area contributed by atoms with Gasteiger partial charge in [-0.1, -0.05) is 77.8 Å². The summed E-state index contributed by atoms with van der Waals surface area (Å²) >= 11 is 6.18. The van der Waals surface area contributed by atoms with Crippen LogP contribution in [0.4, 0.5) is 11.4 Å². The van der Waals surface area contributed by atoms with Gasteiger partial charge in [0.05, 0.1) is 28.2 Å². The summed E-state index contributed by atoms with van der Waals surface area (Å²) in [7, 11) is 0. The quantitative estimate of drug-likeness (QED) is 0.339. The Bertz CT molecular complexity index is 1250. The molecule has 0 aromatic heterocycles. The van der Waals surface area contributed by atoms with E-state index in [1.165, 1.54) is 0 Å². The van der Waals surface area contributed by atoms with Crippen molar-refractivity contribution in [3.05, 3.63) is 107 Å². The molecule has 0 spiro atoms. The molecule has 5 nitrogen and oxygen atoms in total. The van der Waals surface area contributed by atoms with Crippen molar-refractivity contribution in [2.75, 3.05) is 10.6 Å². The average Bonchev–Trinajstić information content (AvgIpc) is 2.86. The van der Waals surface area contributed by atoms with Gasteiger partial charge < -0.3 is 10.6 Å². The Morgan fingerprint density at radius 2 is 1.35 bits per heavy atom. The number of allylic oxidation sites excluding steroid dienone is 2. The van der Waals surface area contributed by atoms with Crippen LogP contribution < -0.4 is 10.6 Å². The molecule has 172 valence electrons. The van der Waals surface area contributed by atoms with Crippen LogP contribution in [-0.2, 0) is 9.59 Å². The van der Waals surface area contributed by atoms with E-state index >= 15 is 0 Å². The van der Waals surface area contributed by atoms with Gasteiger partial charge in [-0.15, -0.1) is 0 Å². The van der Waals surface area contributed by atoms with Crippen LogP contribution in [0.2, 0.25) is 5.02 Å². The molecule has 6 heteroatoms. The second-order valence-corrected chi connectivity index (χ2v) is 8.77. The summed E-state index contributed by atoms with van der Waals surface area (Å²) in [4.78, 5) is 39.5. The summed E-state index contributed by atoms with van der Waals surface area (Å²) in [5, 5.41) is 6.20. The highest BCUT2D eigenvalue weighted by molar-refractivity contribution is 6.33. The number of benzene rings is 3. The third-order valence-electron chi connectivity index (χ3n) is 5.95. The maximum atomic E-state index is 13.3. The zero-order chi connectivity index (χ0) is 24.1. The molecule has 0 saturated heterocycles. The van der Waals surface area contributed by atoms with Crippen LogP contribution in [0, 0.1) is 18.8 Å². The van der Waals surface area contributed by atoms with Gasteiger partial charge >= 0.3 is 0 Å². The summed E-state index contributed by atoms with van der Waals surface area (Å²) in [6, 6.07) is 21.3. The first-order valence-electron chi connectivity index (χ1n) is 11.2. The summed E-state index contributed by atoms with van der Waals surface area (Å²) < 4.78 is 0. The van der Waals surface area contributed by atoms with Crippen LogP contribution in [0.15, 0.2) is 84.9 Å². The largest absolute Gasteiger partial charge is 0.325 e. The van der Waals surface area contributed by atoms with Gasteiger partial charge in [0, 0.05) is 11.1 Å². The molecule has 0 aliphatic heterocycles. The fourth-order valence-electron chi connectivity index (χ4n) is 4.11. The lowest BCUT2D eigenvalue weighted by atomic mass is 9.81. The molecule has 0 bridgehead atoms. The Morgan fingerprint density at radius 3 is 2.00 bits per heavy atom. The maximum absolute atomic E-state index is 13.3. The number of aryl methyl sites for hydroxylation is 1. The highest BCUT2D eigenvalue weighted by Crippen LogP contribution is 2.31. The van der Waals surface area contributed by atoms with E-state index in [-0.39, 0.29) is 17.6 Å². The Morgan fingerprint density at radius 1 is 0.765 bits per heavy atom. The van der Waals surface area contributed by atoms with Gasteiger partial charge in [0.2, 0.25) is 11.8 Å². The highest BCUT2D eigenvalue weighted by atomic mass is 35.5. The third-order valence-corrected chi connectivity index (χ3v) is 6.28. The van der Waals surface area contributed by atoms with Crippen molar-refractivity contribution < 1.29 is 14.4 Å². The van der Waals surface area contributed by atoms with E-state index in [0.717, 1.165) is 5.56 Å². The van der Waals surface area contributed by atoms with E-state index in [2.05, 4.69) is 10.6 Å². The predicted octanol–water partition coefficient (Wildman–Crippen LogP) is 6.04. The summed E-state index contributed by atoms with van der Waals surface area (Å²) in [6.45, 7) is 1.90. The van der Waals surface area contributed by atoms with Crippen LogP contribution in [0.25, 0.3) is 0 Å². The van der Waals surface area contributed by atoms with Crippen LogP contribution >= 0.6 is 11.6 Å². The normalized spacial score (nSPS) is 17.1. The fourth-order valence-corrected chi connectivity index (χ4v) is 4.29. The Labute approximate surface area is 203 Å². The third kappa shape index (κ3) is 5.26. The van der Waals surface area contributed by atoms with E-state index in [4.69, 9.17) is 11.6 Å². The molecule has 2 atom stereocenters. The van der Waals surface area contributed by atoms with E-state index in [9.17, 15) is 14.4 Å². The van der Waals surface area contributed by atoms with Crippen molar-refractivity contribution in [1.82, 2.24) is 0 Å². The number of nitrogens with one attached hydrogen (secondary N) is 2. The topological polar surface area (TPSA) is 75.3 Å². The number of ketones is 1. The zero-order valence-corrected chi connectivity index (χ0v) is 19.5. The number of hydrogen-bond acceptors (Lipinski definition) is 3. The highest BCUT2D eigenvalue weighted by Gasteiger charge is 2.34. The van der Waals surface area contributed by atoms with Gasteiger partial charge in [-0.2, -0.15) is 0 Å². The molecule has 2 unspecified atom stereocenters. The molecule has 2 amide bonds. The first kappa shape index (κ1) is 23.5. The molecule has 3 aromatic rings. The smallest absolute Gasteiger partial charge is 0.228 e. The van der Waals surface area contributed by atoms with E-state index < -0.39 is 11.8 Å². The number of rotatable bonds is 6. The molecule has 1 aliphatic carbocycles. The van der Waals surface area contributed by atoms with Gasteiger partial charge in [0.1, 0.15) is 0 Å². The number of halogens is 1. The lowest BCUT2D eigenvalue weighted by Crippen LogP contribution is -2.37. The lowest BCUT2D eigenvalue weighted by Gasteiger charge is -2.27. The van der Waals surface area contributed by atoms with Gasteiger partial charge in [-0.05, 0) is 44.0 Å². The molecule has 0 heterocycles. The van der Waals surface area contributed by atoms with Gasteiger partial charge in [-0.25, -0.2) is 0 Å². The fraction of sp³-hybridized carbons (Fsp3) is 0.179. The number of carbonyl (C=O) groups excluding carboxylic acids is 3. The van der Waals surface area contributed by atoms with E-state index in [0.29, 0.717) is 40.4 Å². The molecule has 0 saturated carbocycles. The number of carbonyl (C=O) groups is 3. The van der Waals surface area contributed by atoms with Crippen LogP contribution in [0.1, 0.15) is 34.3 Å². The molecule has 3 aromatic carbocycles. The maximum Gasteiger partial charge on any atom is 0.228 e. The minimum Gasteiger partial charge on any atom is -0.325 e. The van der Waals surface area contributed by atoms with Gasteiger partial charge in [0.25, 0.3) is 0 Å². The van der Waals surface area contributed by atoms with E-state index in [1.54, 1.807) is 60.7 Å². The monoisotopic (exact) mass is 472 g/mol. The average molecular weight is 473 g/mol. The SMILES string of the molecule is Cc1ccc(NC(=O)C2CC=CCC2C(=O)Nc2ccccc2Cl)c(C(=O)c2ccccc2)c1. The van der Waals surface area contributed by atoms with Crippen molar-refractivity contribution in [1.29, 1.82) is 0 Å². The Hall–Kier alpha value is -3.70. The summed E-state index contributed by atoms with van der Waals surface area (Å²) in [6.07, 6.45) is 4.70. The Balaban J connectivity index is 1.55. The van der Waals surface area contributed by atoms with Crippen molar-refractivity contribution in [3.63, 3.8) is 0 Å². The van der Waals surface area contributed by atoms with Crippen molar-refractivity contribution in [3.8, 4) is 0 Å². The second kappa shape index (κ2) is 10.5. The van der Waals surface area contributed by atoms with Gasteiger partial charge in [-0.3, -0.25) is 14.4 Å². The lowest BCUT2D eigenvalue weighted by molar-refractivity contribution is -0.129. The minimum atomic E-state index is -0.575. The predicted molar refractivity (Wildman–Crippen MR) is 135 cm³/mol. The molecule has 0 radical (unpaired) electrons.